The summed E-state index contributed by atoms with van der Waals surface area (Å²) in [4.78, 5) is 16.9. The van der Waals surface area contributed by atoms with Crippen molar-refractivity contribution in [2.24, 2.45) is 0 Å². The molecular weight excluding hydrogens is 492 g/mol. The van der Waals surface area contributed by atoms with Crippen molar-refractivity contribution in [2.45, 2.75) is 52.1 Å². The molecular formula is C28H36N2O4S2. The maximum absolute atomic E-state index is 13.9. The first kappa shape index (κ1) is 28.1. The number of sulfonamides is 1. The molecule has 6 nitrogen and oxygen atoms in total. The van der Waals surface area contributed by atoms with Crippen molar-refractivity contribution in [3.63, 3.8) is 0 Å². The average Bonchev–Trinajstić information content (AvgIpc) is 3.22. The number of carbonyl (C=O) groups is 1. The van der Waals surface area contributed by atoms with Crippen LogP contribution in [0.15, 0.2) is 58.8 Å². The van der Waals surface area contributed by atoms with Crippen molar-refractivity contribution in [3.05, 3.63) is 86.6 Å². The van der Waals surface area contributed by atoms with Crippen LogP contribution in [0.25, 0.3) is 0 Å². The van der Waals surface area contributed by atoms with Crippen molar-refractivity contribution in [1.82, 2.24) is 9.21 Å². The summed E-state index contributed by atoms with van der Waals surface area (Å²) in [6.07, 6.45) is 0.496. The van der Waals surface area contributed by atoms with Crippen LogP contribution in [0.2, 0.25) is 0 Å². The van der Waals surface area contributed by atoms with E-state index in [1.165, 1.54) is 4.31 Å². The average molecular weight is 529 g/mol. The van der Waals surface area contributed by atoms with E-state index in [9.17, 15) is 13.2 Å². The van der Waals surface area contributed by atoms with Crippen LogP contribution < -0.4 is 0 Å². The minimum absolute atomic E-state index is 0.200. The molecule has 0 aliphatic heterocycles. The molecule has 3 aromatic rings. The highest BCUT2D eigenvalue weighted by molar-refractivity contribution is 7.89. The zero-order chi connectivity index (χ0) is 26.3. The molecule has 0 unspecified atom stereocenters. The summed E-state index contributed by atoms with van der Waals surface area (Å²) in [5.41, 5.74) is 4.51. The predicted octanol–water partition coefficient (Wildman–Crippen LogP) is 5.24. The van der Waals surface area contributed by atoms with Gasteiger partial charge in [-0.05, 0) is 67.8 Å². The number of methoxy groups -OCH3 is 1. The third-order valence-electron chi connectivity index (χ3n) is 6.14. The van der Waals surface area contributed by atoms with Crippen LogP contribution >= 0.6 is 11.3 Å². The summed E-state index contributed by atoms with van der Waals surface area (Å²) < 4.78 is 34.3. The highest BCUT2D eigenvalue weighted by Crippen LogP contribution is 2.26. The third kappa shape index (κ3) is 7.03. The highest BCUT2D eigenvalue weighted by Gasteiger charge is 2.31. The Labute approximate surface area is 219 Å². The predicted molar refractivity (Wildman–Crippen MR) is 146 cm³/mol. The second-order valence-corrected chi connectivity index (χ2v) is 12.1. The summed E-state index contributed by atoms with van der Waals surface area (Å²) in [7, 11) is -2.31. The quantitative estimate of drug-likeness (QED) is 0.302. The first-order chi connectivity index (χ1) is 17.1. The van der Waals surface area contributed by atoms with Gasteiger partial charge < -0.3 is 9.64 Å². The number of nitrogens with zero attached hydrogens (tertiary/aromatic N) is 2. The first-order valence-corrected chi connectivity index (χ1v) is 14.4. The smallest absolute Gasteiger partial charge is 0.244 e. The molecule has 8 heteroatoms. The highest BCUT2D eigenvalue weighted by atomic mass is 32.2. The Morgan fingerprint density at radius 2 is 1.61 bits per heavy atom. The Morgan fingerprint density at radius 1 is 0.944 bits per heavy atom. The molecule has 1 heterocycles. The number of hydrogen-bond donors (Lipinski definition) is 0. The lowest BCUT2D eigenvalue weighted by molar-refractivity contribution is -0.132. The minimum atomic E-state index is -3.90. The molecule has 2 aromatic carbocycles. The van der Waals surface area contributed by atoms with Gasteiger partial charge in [0.1, 0.15) is 0 Å². The molecule has 1 aromatic heterocycles. The van der Waals surface area contributed by atoms with E-state index in [4.69, 9.17) is 4.74 Å². The monoisotopic (exact) mass is 528 g/mol. The fraction of sp³-hybridized carbons (Fsp3) is 0.393. The number of rotatable bonds is 12. The van der Waals surface area contributed by atoms with Crippen molar-refractivity contribution in [3.8, 4) is 0 Å². The SMILES string of the molecule is COCCCN(CC(=O)N(Cc1ccccc1)Cc1sccc1C)S(=O)(=O)c1c(C)cc(C)cc1C. The van der Waals surface area contributed by atoms with Crippen molar-refractivity contribution in [2.75, 3.05) is 26.8 Å². The molecule has 0 saturated heterocycles. The maximum atomic E-state index is 13.9. The molecule has 194 valence electrons. The van der Waals surface area contributed by atoms with E-state index in [0.29, 0.717) is 37.2 Å². The van der Waals surface area contributed by atoms with E-state index in [-0.39, 0.29) is 23.9 Å². The minimum Gasteiger partial charge on any atom is -0.385 e. The maximum Gasteiger partial charge on any atom is 0.244 e. The Morgan fingerprint density at radius 3 is 2.19 bits per heavy atom. The van der Waals surface area contributed by atoms with Crippen LogP contribution in [-0.2, 0) is 32.6 Å². The molecule has 0 aliphatic carbocycles. The van der Waals surface area contributed by atoms with E-state index in [1.54, 1.807) is 23.3 Å². The van der Waals surface area contributed by atoms with Gasteiger partial charge in [0.15, 0.2) is 0 Å². The molecule has 0 atom stereocenters. The van der Waals surface area contributed by atoms with Gasteiger partial charge in [-0.2, -0.15) is 4.31 Å². The topological polar surface area (TPSA) is 66.9 Å². The number of amides is 1. The van der Waals surface area contributed by atoms with Gasteiger partial charge in [-0.1, -0.05) is 48.0 Å². The molecule has 3 rings (SSSR count). The van der Waals surface area contributed by atoms with Gasteiger partial charge in [-0.3, -0.25) is 4.79 Å². The zero-order valence-corrected chi connectivity index (χ0v) is 23.4. The lowest BCUT2D eigenvalue weighted by atomic mass is 10.1. The van der Waals surface area contributed by atoms with Crippen LogP contribution in [0.3, 0.4) is 0 Å². The Hall–Kier alpha value is -2.52. The zero-order valence-electron chi connectivity index (χ0n) is 21.8. The standard InChI is InChI=1S/C28H36N2O4S2/c1-21-16-23(3)28(24(4)17-21)36(32,33)30(13-9-14-34-5)20-27(31)29(18-25-10-7-6-8-11-25)19-26-22(2)12-15-35-26/h6-8,10-12,15-17H,9,13-14,18-20H2,1-5H3. The molecule has 0 aliphatic rings. The van der Waals surface area contributed by atoms with Gasteiger partial charge in [0.05, 0.1) is 18.0 Å². The van der Waals surface area contributed by atoms with Gasteiger partial charge in [0.25, 0.3) is 0 Å². The van der Waals surface area contributed by atoms with Crippen LogP contribution in [0, 0.1) is 27.7 Å². The summed E-state index contributed by atoms with van der Waals surface area (Å²) in [6.45, 7) is 8.83. The van der Waals surface area contributed by atoms with Crippen LogP contribution in [0.4, 0.5) is 0 Å². The third-order valence-corrected chi connectivity index (χ3v) is 9.30. The Balaban J connectivity index is 1.93. The lowest BCUT2D eigenvalue weighted by Crippen LogP contribution is -2.43. The number of hydrogen-bond acceptors (Lipinski definition) is 5. The van der Waals surface area contributed by atoms with Crippen LogP contribution in [0.1, 0.15) is 39.1 Å². The first-order valence-electron chi connectivity index (χ1n) is 12.0. The molecule has 0 saturated carbocycles. The summed E-state index contributed by atoms with van der Waals surface area (Å²) in [5.74, 6) is -0.227. The fourth-order valence-corrected chi connectivity index (χ4v) is 7.16. The van der Waals surface area contributed by atoms with Crippen molar-refractivity contribution in [1.29, 1.82) is 0 Å². The van der Waals surface area contributed by atoms with Gasteiger partial charge in [0.2, 0.25) is 15.9 Å². The van der Waals surface area contributed by atoms with Crippen LogP contribution in [0.5, 0.6) is 0 Å². The second kappa shape index (κ2) is 12.6. The lowest BCUT2D eigenvalue weighted by Gasteiger charge is -2.28. The molecule has 36 heavy (non-hydrogen) atoms. The second-order valence-electron chi connectivity index (χ2n) is 9.17. The number of benzene rings is 2. The Bertz CT molecular complexity index is 1250. The normalized spacial score (nSPS) is 11.7. The molecule has 0 bridgehead atoms. The van der Waals surface area contributed by atoms with Crippen LogP contribution in [-0.4, -0.2) is 50.3 Å². The molecule has 0 fully saturated rings. The fourth-order valence-electron chi connectivity index (χ4n) is 4.40. The van der Waals surface area contributed by atoms with Gasteiger partial charge in [-0.15, -0.1) is 11.3 Å². The van der Waals surface area contributed by atoms with E-state index in [2.05, 4.69) is 0 Å². The number of carbonyl (C=O) groups excluding carboxylic acids is 1. The summed E-state index contributed by atoms with van der Waals surface area (Å²) >= 11 is 1.61. The van der Waals surface area contributed by atoms with Gasteiger partial charge >= 0.3 is 0 Å². The largest absolute Gasteiger partial charge is 0.385 e. The van der Waals surface area contributed by atoms with Crippen molar-refractivity contribution < 1.29 is 17.9 Å². The molecule has 0 spiro atoms. The van der Waals surface area contributed by atoms with Gasteiger partial charge in [-0.25, -0.2) is 8.42 Å². The summed E-state index contributed by atoms with van der Waals surface area (Å²) in [6, 6.07) is 15.6. The molecule has 0 radical (unpaired) electrons. The molecule has 0 N–H and O–H groups in total. The number of thiophene rings is 1. The summed E-state index contributed by atoms with van der Waals surface area (Å²) in [5, 5.41) is 2.01. The van der Waals surface area contributed by atoms with E-state index < -0.39 is 10.0 Å². The van der Waals surface area contributed by atoms with E-state index >= 15 is 0 Å². The number of ether oxygens (including phenoxy) is 1. The Kier molecular flexibility index (Phi) is 9.84. The van der Waals surface area contributed by atoms with E-state index in [0.717, 1.165) is 21.6 Å². The number of aryl methyl sites for hydroxylation is 4. The van der Waals surface area contributed by atoms with Gasteiger partial charge in [0, 0.05) is 31.7 Å². The van der Waals surface area contributed by atoms with Crippen molar-refractivity contribution >= 4 is 27.3 Å². The van der Waals surface area contributed by atoms with E-state index in [1.807, 2.05) is 81.6 Å². The molecule has 1 amide bonds.